The first kappa shape index (κ1) is 21.3. The molecule has 0 radical (unpaired) electrons. The van der Waals surface area contributed by atoms with Crippen LogP contribution in [0, 0.1) is 0 Å². The first-order valence-corrected chi connectivity index (χ1v) is 18.3. The van der Waals surface area contributed by atoms with Crippen LogP contribution in [0.15, 0.2) is 6.07 Å². The Morgan fingerprint density at radius 2 is 1.56 bits per heavy atom. The molecule has 0 unspecified atom stereocenters. The SMILES string of the molecule is CCC[CH2][Sn]([CH2]CCC)([CH2]CCC)[c]1cc2c(s1)C(=O)C(F)(F)CC2. The zero-order valence-electron chi connectivity index (χ0n) is 15.9. The summed E-state index contributed by atoms with van der Waals surface area (Å²) in [7, 11) is 0. The quantitative estimate of drug-likeness (QED) is 0.349. The molecular weight excluding hydrogens is 445 g/mol. The molecule has 1 aliphatic carbocycles. The molecule has 2 rings (SSSR count). The molecule has 1 aromatic rings. The Morgan fingerprint density at radius 1 is 1.04 bits per heavy atom. The predicted molar refractivity (Wildman–Crippen MR) is 106 cm³/mol. The number of unbranched alkanes of at least 4 members (excludes halogenated alkanes) is 3. The summed E-state index contributed by atoms with van der Waals surface area (Å²) in [5.41, 5.74) is 0.918. The average molecular weight is 477 g/mol. The number of rotatable bonds is 10. The third-order valence-electron chi connectivity index (χ3n) is 5.61. The molecule has 1 aromatic heterocycles. The minimum absolute atomic E-state index is 0.309. The van der Waals surface area contributed by atoms with Crippen LogP contribution in [0.4, 0.5) is 8.78 Å². The molecule has 0 bridgehead atoms. The van der Waals surface area contributed by atoms with E-state index in [-0.39, 0.29) is 6.42 Å². The normalized spacial score (nSPS) is 16.9. The Labute approximate surface area is 159 Å². The number of alkyl halides is 2. The van der Waals surface area contributed by atoms with Gasteiger partial charge in [-0.3, -0.25) is 0 Å². The van der Waals surface area contributed by atoms with Crippen LogP contribution in [0.2, 0.25) is 13.3 Å². The molecule has 25 heavy (non-hydrogen) atoms. The van der Waals surface area contributed by atoms with Crippen molar-refractivity contribution in [3.8, 4) is 0 Å². The van der Waals surface area contributed by atoms with Gasteiger partial charge in [-0.15, -0.1) is 0 Å². The Hall–Kier alpha value is 0.0287. The van der Waals surface area contributed by atoms with E-state index in [1.165, 1.54) is 66.1 Å². The summed E-state index contributed by atoms with van der Waals surface area (Å²) in [6.45, 7) is 6.71. The predicted octanol–water partition coefficient (Wildman–Crippen LogP) is 6.57. The van der Waals surface area contributed by atoms with Crippen molar-refractivity contribution in [1.82, 2.24) is 0 Å². The molecule has 1 aliphatic rings. The number of hydrogen-bond donors (Lipinski definition) is 0. The number of ketones is 1. The summed E-state index contributed by atoms with van der Waals surface area (Å²) in [5, 5.41) is 0. The van der Waals surface area contributed by atoms with Crippen molar-refractivity contribution in [2.75, 3.05) is 0 Å². The number of Topliss-reactive ketones (excluding diaryl/α,β-unsaturated/α-hetero) is 1. The maximum atomic E-state index is 13.9. The van der Waals surface area contributed by atoms with Crippen LogP contribution in [0.25, 0.3) is 0 Å². The van der Waals surface area contributed by atoms with E-state index in [1.807, 2.05) is 0 Å². The van der Waals surface area contributed by atoms with Gasteiger partial charge in [-0.25, -0.2) is 0 Å². The first-order chi connectivity index (χ1) is 11.9. The van der Waals surface area contributed by atoms with E-state index < -0.39 is 30.1 Å². The number of aryl methyl sites for hydroxylation is 1. The summed E-state index contributed by atoms with van der Waals surface area (Å²) < 4.78 is 33.1. The zero-order valence-corrected chi connectivity index (χ0v) is 19.6. The fourth-order valence-corrected chi connectivity index (χ4v) is 24.3. The van der Waals surface area contributed by atoms with E-state index in [4.69, 9.17) is 0 Å². The molecule has 0 N–H and O–H groups in total. The molecule has 0 spiro atoms. The summed E-state index contributed by atoms with van der Waals surface area (Å²) in [6, 6.07) is 2.20. The van der Waals surface area contributed by atoms with Gasteiger partial charge < -0.3 is 0 Å². The van der Waals surface area contributed by atoms with Crippen molar-refractivity contribution in [2.45, 2.75) is 91.4 Å². The second-order valence-electron chi connectivity index (χ2n) is 7.59. The van der Waals surface area contributed by atoms with Gasteiger partial charge in [0.05, 0.1) is 0 Å². The zero-order chi connectivity index (χ0) is 18.5. The van der Waals surface area contributed by atoms with Crippen molar-refractivity contribution in [3.63, 3.8) is 0 Å². The third kappa shape index (κ3) is 4.85. The van der Waals surface area contributed by atoms with Gasteiger partial charge >= 0.3 is 160 Å². The van der Waals surface area contributed by atoms with Gasteiger partial charge in [0.25, 0.3) is 0 Å². The Balaban J connectivity index is 2.40. The van der Waals surface area contributed by atoms with Crippen molar-refractivity contribution in [3.05, 3.63) is 16.5 Å². The van der Waals surface area contributed by atoms with E-state index in [0.717, 1.165) is 5.56 Å². The second-order valence-corrected chi connectivity index (χ2v) is 22.8. The van der Waals surface area contributed by atoms with Crippen LogP contribution < -0.4 is 2.89 Å². The van der Waals surface area contributed by atoms with Crippen LogP contribution in [0.1, 0.15) is 81.0 Å². The maximum absolute atomic E-state index is 13.9. The van der Waals surface area contributed by atoms with Crippen LogP contribution in [-0.4, -0.2) is 30.1 Å². The van der Waals surface area contributed by atoms with Gasteiger partial charge in [0, 0.05) is 0 Å². The molecular formula is C20H32F2OSSn. The average Bonchev–Trinajstić information content (AvgIpc) is 3.03. The van der Waals surface area contributed by atoms with Gasteiger partial charge in [0.1, 0.15) is 0 Å². The van der Waals surface area contributed by atoms with E-state index >= 15 is 0 Å². The summed E-state index contributed by atoms with van der Waals surface area (Å²) in [4.78, 5) is 12.6. The van der Waals surface area contributed by atoms with E-state index in [2.05, 4.69) is 26.8 Å². The van der Waals surface area contributed by atoms with Crippen LogP contribution in [-0.2, 0) is 6.42 Å². The molecule has 0 fully saturated rings. The molecule has 5 heteroatoms. The number of carbonyl (C=O) groups is 1. The standard InChI is InChI=1S/C8H5F2OS.3C4H9.Sn/c9-8(10)3-1-5-2-4-12-6(5)7(8)11;3*1-3-4-2;/h2H,1,3H2;3*1,3-4H2,2H3;. The van der Waals surface area contributed by atoms with Gasteiger partial charge in [0.2, 0.25) is 0 Å². The summed E-state index contributed by atoms with van der Waals surface area (Å²) >= 11 is -1.14. The van der Waals surface area contributed by atoms with Gasteiger partial charge in [-0.1, -0.05) is 0 Å². The molecule has 1 nitrogen and oxygen atoms in total. The van der Waals surface area contributed by atoms with E-state index in [0.29, 0.717) is 11.3 Å². The van der Waals surface area contributed by atoms with Crippen LogP contribution in [0.3, 0.4) is 0 Å². The van der Waals surface area contributed by atoms with Crippen molar-refractivity contribution in [2.24, 2.45) is 0 Å². The Bertz CT molecular complexity index is 560. The number of fused-ring (bicyclic) bond motifs is 1. The van der Waals surface area contributed by atoms with Crippen LogP contribution >= 0.6 is 11.3 Å². The minimum atomic E-state index is -3.15. The second kappa shape index (κ2) is 9.29. The van der Waals surface area contributed by atoms with E-state index in [1.54, 1.807) is 0 Å². The summed E-state index contributed by atoms with van der Waals surface area (Å²) in [6.07, 6.45) is 7.37. The molecule has 142 valence electrons. The molecule has 0 saturated heterocycles. The Morgan fingerprint density at radius 3 is 2.04 bits per heavy atom. The van der Waals surface area contributed by atoms with Gasteiger partial charge in [0.15, 0.2) is 0 Å². The number of thiophene rings is 1. The van der Waals surface area contributed by atoms with Gasteiger partial charge in [-0.2, -0.15) is 0 Å². The molecule has 1 heterocycles. The van der Waals surface area contributed by atoms with E-state index in [9.17, 15) is 13.6 Å². The molecule has 0 saturated carbocycles. The van der Waals surface area contributed by atoms with Crippen molar-refractivity contribution >= 4 is 38.4 Å². The molecule has 0 aromatic carbocycles. The molecule has 0 atom stereocenters. The monoisotopic (exact) mass is 478 g/mol. The summed E-state index contributed by atoms with van der Waals surface area (Å²) in [5.74, 6) is -4.06. The fraction of sp³-hybridized carbons (Fsp3) is 0.750. The Kier molecular flexibility index (Phi) is 7.93. The fourth-order valence-electron chi connectivity index (χ4n) is 3.93. The third-order valence-corrected chi connectivity index (χ3v) is 25.0. The first-order valence-electron chi connectivity index (χ1n) is 9.96. The number of halogens is 2. The van der Waals surface area contributed by atoms with Crippen molar-refractivity contribution in [1.29, 1.82) is 0 Å². The number of hydrogen-bond acceptors (Lipinski definition) is 2. The topological polar surface area (TPSA) is 17.1 Å². The number of carbonyl (C=O) groups excluding carboxylic acids is 1. The van der Waals surface area contributed by atoms with Crippen molar-refractivity contribution < 1.29 is 13.6 Å². The molecule has 0 aliphatic heterocycles. The molecule has 0 amide bonds. The van der Waals surface area contributed by atoms with Gasteiger partial charge in [-0.05, 0) is 0 Å². The van der Waals surface area contributed by atoms with Crippen LogP contribution in [0.5, 0.6) is 0 Å².